The first kappa shape index (κ1) is 13.1. The molecule has 1 saturated heterocycles. The van der Waals surface area contributed by atoms with E-state index < -0.39 is 10.0 Å². The lowest BCUT2D eigenvalue weighted by molar-refractivity contribution is 0.0301. The third-order valence-electron chi connectivity index (χ3n) is 4.01. The fourth-order valence-corrected chi connectivity index (χ4v) is 5.14. The van der Waals surface area contributed by atoms with Gasteiger partial charge in [-0.1, -0.05) is 12.8 Å². The van der Waals surface area contributed by atoms with Crippen molar-refractivity contribution in [2.45, 2.75) is 37.0 Å². The first-order valence-corrected chi connectivity index (χ1v) is 8.27. The molecule has 2 aliphatic rings. The molecule has 0 spiro atoms. The first-order chi connectivity index (χ1) is 9.19. The summed E-state index contributed by atoms with van der Waals surface area (Å²) < 4.78 is 32.5. The number of nitrogens with zero attached hydrogens (tertiary/aromatic N) is 2. The van der Waals surface area contributed by atoms with E-state index in [-0.39, 0.29) is 11.3 Å². The van der Waals surface area contributed by atoms with E-state index in [1.165, 1.54) is 0 Å². The molecule has 1 saturated carbocycles. The van der Waals surface area contributed by atoms with E-state index in [2.05, 4.69) is 10.2 Å². The van der Waals surface area contributed by atoms with Gasteiger partial charge in [0.2, 0.25) is 10.0 Å². The largest absolute Gasteiger partial charge is 0.378 e. The van der Waals surface area contributed by atoms with Gasteiger partial charge in [-0.2, -0.15) is 9.40 Å². The van der Waals surface area contributed by atoms with Crippen LogP contribution in [0, 0.1) is 0 Å². The second-order valence-electron chi connectivity index (χ2n) is 5.16. The fourth-order valence-electron chi connectivity index (χ4n) is 2.97. The maximum absolute atomic E-state index is 12.7. The van der Waals surface area contributed by atoms with Crippen molar-refractivity contribution in [2.75, 3.05) is 19.8 Å². The van der Waals surface area contributed by atoms with E-state index in [9.17, 15) is 8.42 Å². The van der Waals surface area contributed by atoms with Crippen molar-refractivity contribution < 1.29 is 13.2 Å². The molecule has 19 heavy (non-hydrogen) atoms. The van der Waals surface area contributed by atoms with Gasteiger partial charge in [0.25, 0.3) is 0 Å². The lowest BCUT2D eigenvalue weighted by Gasteiger charge is -2.35. The van der Waals surface area contributed by atoms with Crippen molar-refractivity contribution in [3.8, 4) is 0 Å². The molecule has 1 aliphatic heterocycles. The van der Waals surface area contributed by atoms with Crippen LogP contribution >= 0.6 is 0 Å². The number of morpholine rings is 1. The lowest BCUT2D eigenvalue weighted by atomic mass is 10.2. The van der Waals surface area contributed by atoms with Gasteiger partial charge in [-0.15, -0.1) is 0 Å². The van der Waals surface area contributed by atoms with Gasteiger partial charge in [-0.05, 0) is 18.9 Å². The van der Waals surface area contributed by atoms with Crippen LogP contribution in [0.1, 0.15) is 37.4 Å². The first-order valence-electron chi connectivity index (χ1n) is 6.77. The quantitative estimate of drug-likeness (QED) is 0.901. The van der Waals surface area contributed by atoms with Crippen molar-refractivity contribution in [2.24, 2.45) is 0 Å². The highest BCUT2D eigenvalue weighted by Crippen LogP contribution is 2.33. The molecule has 1 aliphatic carbocycles. The van der Waals surface area contributed by atoms with E-state index >= 15 is 0 Å². The van der Waals surface area contributed by atoms with Crippen LogP contribution in [0.4, 0.5) is 0 Å². The Morgan fingerprint density at radius 2 is 2.16 bits per heavy atom. The summed E-state index contributed by atoms with van der Waals surface area (Å²) in [6, 6.07) is 1.55. The molecule has 1 unspecified atom stereocenters. The van der Waals surface area contributed by atoms with Gasteiger partial charge in [-0.25, -0.2) is 8.42 Å². The van der Waals surface area contributed by atoms with Crippen LogP contribution in [0.25, 0.3) is 0 Å². The summed E-state index contributed by atoms with van der Waals surface area (Å²) in [5.41, 5.74) is 0.807. The Bertz CT molecular complexity index is 508. The molecule has 106 valence electrons. The van der Waals surface area contributed by atoms with Gasteiger partial charge in [0.1, 0.15) is 0 Å². The molecule has 0 radical (unpaired) electrons. The Morgan fingerprint density at radius 1 is 1.37 bits per heavy atom. The van der Waals surface area contributed by atoms with E-state index in [1.54, 1.807) is 10.5 Å². The zero-order chi connectivity index (χ0) is 13.3. The van der Waals surface area contributed by atoms with Crippen LogP contribution in [0.2, 0.25) is 0 Å². The second kappa shape index (κ2) is 5.22. The summed E-state index contributed by atoms with van der Waals surface area (Å²) in [5.74, 6) is 0. The molecule has 0 aromatic carbocycles. The molecular weight excluding hydrogens is 266 g/mol. The van der Waals surface area contributed by atoms with Gasteiger partial charge >= 0.3 is 0 Å². The molecule has 2 fully saturated rings. The molecule has 6 nitrogen and oxygen atoms in total. The third kappa shape index (κ3) is 2.42. The van der Waals surface area contributed by atoms with E-state index in [0.29, 0.717) is 19.8 Å². The van der Waals surface area contributed by atoms with Gasteiger partial charge in [0, 0.05) is 12.7 Å². The van der Waals surface area contributed by atoms with Crippen LogP contribution < -0.4 is 0 Å². The lowest BCUT2D eigenvalue weighted by Crippen LogP contribution is -2.46. The van der Waals surface area contributed by atoms with E-state index in [4.69, 9.17) is 4.74 Å². The summed E-state index contributed by atoms with van der Waals surface area (Å²) in [6.45, 7) is 1.30. The molecule has 1 N–H and O–H groups in total. The van der Waals surface area contributed by atoms with Crippen LogP contribution in [0.3, 0.4) is 0 Å². The number of hydrogen-bond acceptors (Lipinski definition) is 4. The van der Waals surface area contributed by atoms with Gasteiger partial charge in [0.05, 0.1) is 30.2 Å². The number of rotatable bonds is 3. The standard InChI is InChI=1S/C12H19N3O3S/c16-19(17,10-3-1-2-4-10)15-7-8-18-9-12(15)11-5-6-13-14-11/h5-6,10,12H,1-4,7-9H2,(H,13,14). The van der Waals surface area contributed by atoms with E-state index in [0.717, 1.165) is 31.4 Å². The molecule has 1 aromatic rings. The SMILES string of the molecule is O=S(=O)(C1CCCC1)N1CCOCC1c1ccn[nH]1. The highest BCUT2D eigenvalue weighted by atomic mass is 32.2. The Labute approximate surface area is 113 Å². The van der Waals surface area contributed by atoms with Crippen molar-refractivity contribution in [1.29, 1.82) is 0 Å². The van der Waals surface area contributed by atoms with Crippen molar-refractivity contribution in [1.82, 2.24) is 14.5 Å². The molecule has 3 rings (SSSR count). The topological polar surface area (TPSA) is 75.3 Å². The maximum atomic E-state index is 12.7. The predicted octanol–water partition coefficient (Wildman–Crippen LogP) is 1.06. The third-order valence-corrected chi connectivity index (χ3v) is 6.42. The second-order valence-corrected chi connectivity index (χ2v) is 7.33. The number of nitrogens with one attached hydrogen (secondary N) is 1. The van der Waals surface area contributed by atoms with Crippen molar-refractivity contribution in [3.63, 3.8) is 0 Å². The molecule has 0 amide bonds. The smallest absolute Gasteiger partial charge is 0.217 e. The molecule has 2 heterocycles. The molecular formula is C12H19N3O3S. The van der Waals surface area contributed by atoms with Gasteiger partial charge < -0.3 is 4.74 Å². The highest BCUT2D eigenvalue weighted by Gasteiger charge is 2.40. The molecule has 0 bridgehead atoms. The Kier molecular flexibility index (Phi) is 3.60. The zero-order valence-electron chi connectivity index (χ0n) is 10.8. The van der Waals surface area contributed by atoms with Crippen molar-refractivity contribution >= 4 is 10.0 Å². The summed E-state index contributed by atoms with van der Waals surface area (Å²) in [4.78, 5) is 0. The summed E-state index contributed by atoms with van der Waals surface area (Å²) >= 11 is 0. The summed E-state index contributed by atoms with van der Waals surface area (Å²) in [6.07, 6.45) is 5.25. The minimum absolute atomic E-state index is 0.212. The number of aromatic amines is 1. The average Bonchev–Trinajstić information content (AvgIpc) is 3.12. The van der Waals surface area contributed by atoms with Crippen LogP contribution in [-0.2, 0) is 14.8 Å². The molecule has 7 heteroatoms. The van der Waals surface area contributed by atoms with Crippen LogP contribution in [0.5, 0.6) is 0 Å². The summed E-state index contributed by atoms with van der Waals surface area (Å²) in [5, 5.41) is 6.56. The minimum Gasteiger partial charge on any atom is -0.378 e. The van der Waals surface area contributed by atoms with Gasteiger partial charge in [0.15, 0.2) is 0 Å². The Balaban J connectivity index is 1.87. The monoisotopic (exact) mass is 285 g/mol. The molecule has 1 aromatic heterocycles. The normalized spacial score (nSPS) is 26.8. The molecule has 1 atom stereocenters. The van der Waals surface area contributed by atoms with E-state index in [1.807, 2.05) is 6.07 Å². The van der Waals surface area contributed by atoms with Crippen LogP contribution in [-0.4, -0.2) is 47.9 Å². The fraction of sp³-hybridized carbons (Fsp3) is 0.750. The maximum Gasteiger partial charge on any atom is 0.217 e. The van der Waals surface area contributed by atoms with Crippen LogP contribution in [0.15, 0.2) is 12.3 Å². The number of ether oxygens (including phenoxy) is 1. The highest BCUT2D eigenvalue weighted by molar-refractivity contribution is 7.89. The van der Waals surface area contributed by atoms with Crippen molar-refractivity contribution in [3.05, 3.63) is 18.0 Å². The zero-order valence-corrected chi connectivity index (χ0v) is 11.6. The Morgan fingerprint density at radius 3 is 2.84 bits per heavy atom. The number of aromatic nitrogens is 2. The Hall–Kier alpha value is -0.920. The number of hydrogen-bond donors (Lipinski definition) is 1. The number of sulfonamides is 1. The number of H-pyrrole nitrogens is 1. The predicted molar refractivity (Wildman–Crippen MR) is 70.0 cm³/mol. The summed E-state index contributed by atoms with van der Waals surface area (Å²) in [7, 11) is -3.23. The average molecular weight is 285 g/mol. The minimum atomic E-state index is -3.23. The van der Waals surface area contributed by atoms with Gasteiger partial charge in [-0.3, -0.25) is 5.10 Å².